The molecule has 0 bridgehead atoms. The number of rotatable bonds is 3. The summed E-state index contributed by atoms with van der Waals surface area (Å²) in [5.74, 6) is -0.637. The van der Waals surface area contributed by atoms with E-state index in [1.807, 2.05) is 6.92 Å². The van der Waals surface area contributed by atoms with Crippen molar-refractivity contribution in [2.24, 2.45) is 0 Å². The lowest BCUT2D eigenvalue weighted by atomic mass is 10.1. The third-order valence-electron chi connectivity index (χ3n) is 3.04. The van der Waals surface area contributed by atoms with E-state index in [1.165, 1.54) is 23.1 Å². The SMILES string of the molecule is CC(c1ncnn1-c1ccc(F)cc1F)C1CO1. The van der Waals surface area contributed by atoms with Gasteiger partial charge in [0.15, 0.2) is 5.82 Å². The summed E-state index contributed by atoms with van der Waals surface area (Å²) in [6.07, 6.45) is 1.47. The quantitative estimate of drug-likeness (QED) is 0.784. The summed E-state index contributed by atoms with van der Waals surface area (Å²) in [5, 5.41) is 4.00. The predicted molar refractivity (Wildman–Crippen MR) is 59.4 cm³/mol. The van der Waals surface area contributed by atoms with E-state index >= 15 is 0 Å². The van der Waals surface area contributed by atoms with Crippen LogP contribution in [0.3, 0.4) is 0 Å². The van der Waals surface area contributed by atoms with Gasteiger partial charge in [-0.25, -0.2) is 18.4 Å². The molecule has 1 saturated heterocycles. The maximum Gasteiger partial charge on any atom is 0.151 e. The largest absolute Gasteiger partial charge is 0.372 e. The monoisotopic (exact) mass is 251 g/mol. The molecule has 0 aliphatic carbocycles. The minimum Gasteiger partial charge on any atom is -0.372 e. The van der Waals surface area contributed by atoms with Gasteiger partial charge in [-0.05, 0) is 12.1 Å². The summed E-state index contributed by atoms with van der Waals surface area (Å²) >= 11 is 0. The van der Waals surface area contributed by atoms with Gasteiger partial charge in [-0.2, -0.15) is 5.10 Å². The Morgan fingerprint density at radius 3 is 2.89 bits per heavy atom. The van der Waals surface area contributed by atoms with Gasteiger partial charge in [0.05, 0.1) is 12.7 Å². The van der Waals surface area contributed by atoms with Crippen LogP contribution in [-0.2, 0) is 4.74 Å². The minimum absolute atomic E-state index is 0.0250. The molecule has 1 aromatic heterocycles. The number of epoxide rings is 1. The van der Waals surface area contributed by atoms with Crippen molar-refractivity contribution < 1.29 is 13.5 Å². The fourth-order valence-electron chi connectivity index (χ4n) is 1.91. The summed E-state index contributed by atoms with van der Waals surface area (Å²) in [6.45, 7) is 2.62. The molecule has 0 spiro atoms. The molecule has 0 radical (unpaired) electrons. The van der Waals surface area contributed by atoms with Gasteiger partial charge in [-0.15, -0.1) is 0 Å². The molecule has 2 aromatic rings. The van der Waals surface area contributed by atoms with Crippen LogP contribution in [0, 0.1) is 11.6 Å². The molecule has 0 saturated carbocycles. The zero-order valence-electron chi connectivity index (χ0n) is 9.68. The van der Waals surface area contributed by atoms with Crippen LogP contribution in [0.5, 0.6) is 0 Å². The van der Waals surface area contributed by atoms with E-state index in [4.69, 9.17) is 4.74 Å². The standard InChI is InChI=1S/C12H11F2N3O/c1-7(11-5-18-11)12-15-6-16-17(12)10-3-2-8(13)4-9(10)14/h2-4,6-7,11H,5H2,1H3. The van der Waals surface area contributed by atoms with Crippen molar-refractivity contribution in [3.8, 4) is 5.69 Å². The lowest BCUT2D eigenvalue weighted by molar-refractivity contribution is 0.374. The molecular formula is C12H11F2N3O. The van der Waals surface area contributed by atoms with Gasteiger partial charge in [-0.3, -0.25) is 0 Å². The predicted octanol–water partition coefficient (Wildman–Crippen LogP) is 2.05. The molecule has 1 aliphatic rings. The zero-order valence-corrected chi connectivity index (χ0v) is 9.68. The molecule has 94 valence electrons. The molecule has 6 heteroatoms. The third kappa shape index (κ3) is 1.88. The summed E-state index contributed by atoms with van der Waals surface area (Å²) in [7, 11) is 0. The highest BCUT2D eigenvalue weighted by Gasteiger charge is 2.33. The van der Waals surface area contributed by atoms with Crippen LogP contribution in [0.1, 0.15) is 18.7 Å². The van der Waals surface area contributed by atoms with Crippen molar-refractivity contribution in [1.82, 2.24) is 14.8 Å². The van der Waals surface area contributed by atoms with Crippen molar-refractivity contribution >= 4 is 0 Å². The van der Waals surface area contributed by atoms with Crippen molar-refractivity contribution in [2.75, 3.05) is 6.61 Å². The highest BCUT2D eigenvalue weighted by atomic mass is 19.1. The highest BCUT2D eigenvalue weighted by molar-refractivity contribution is 5.34. The van der Waals surface area contributed by atoms with Gasteiger partial charge < -0.3 is 4.74 Å². The average molecular weight is 251 g/mol. The Hall–Kier alpha value is -1.82. The van der Waals surface area contributed by atoms with Gasteiger partial charge in [0.25, 0.3) is 0 Å². The smallest absolute Gasteiger partial charge is 0.151 e. The molecule has 3 rings (SSSR count). The maximum atomic E-state index is 13.7. The van der Waals surface area contributed by atoms with E-state index in [2.05, 4.69) is 10.1 Å². The number of ether oxygens (including phenoxy) is 1. The van der Waals surface area contributed by atoms with Crippen LogP contribution in [0.2, 0.25) is 0 Å². The van der Waals surface area contributed by atoms with E-state index < -0.39 is 11.6 Å². The molecule has 4 nitrogen and oxygen atoms in total. The zero-order chi connectivity index (χ0) is 12.7. The van der Waals surface area contributed by atoms with Crippen LogP contribution >= 0.6 is 0 Å². The van der Waals surface area contributed by atoms with Crippen molar-refractivity contribution in [1.29, 1.82) is 0 Å². The molecule has 0 amide bonds. The van der Waals surface area contributed by atoms with E-state index in [9.17, 15) is 8.78 Å². The minimum atomic E-state index is -0.661. The fourth-order valence-corrected chi connectivity index (χ4v) is 1.91. The first-order chi connectivity index (χ1) is 8.66. The summed E-state index contributed by atoms with van der Waals surface area (Å²) in [5.41, 5.74) is 0.191. The molecule has 2 unspecified atom stereocenters. The van der Waals surface area contributed by atoms with Crippen LogP contribution in [-0.4, -0.2) is 27.5 Å². The lowest BCUT2D eigenvalue weighted by Gasteiger charge is -2.11. The number of halogens is 2. The second-order valence-corrected chi connectivity index (χ2v) is 4.29. The van der Waals surface area contributed by atoms with Gasteiger partial charge in [0, 0.05) is 12.0 Å². The Balaban J connectivity index is 2.03. The number of benzene rings is 1. The van der Waals surface area contributed by atoms with Crippen LogP contribution in [0.25, 0.3) is 5.69 Å². The Bertz CT molecular complexity index is 580. The summed E-state index contributed by atoms with van der Waals surface area (Å²) in [4.78, 5) is 4.13. The number of hydrogen-bond acceptors (Lipinski definition) is 3. The topological polar surface area (TPSA) is 43.2 Å². The third-order valence-corrected chi connectivity index (χ3v) is 3.04. The van der Waals surface area contributed by atoms with E-state index in [1.54, 1.807) is 0 Å². The Morgan fingerprint density at radius 1 is 1.44 bits per heavy atom. The van der Waals surface area contributed by atoms with Gasteiger partial charge >= 0.3 is 0 Å². The first-order valence-corrected chi connectivity index (χ1v) is 5.64. The molecule has 2 atom stereocenters. The van der Waals surface area contributed by atoms with E-state index in [-0.39, 0.29) is 17.7 Å². The van der Waals surface area contributed by atoms with E-state index in [0.29, 0.717) is 12.4 Å². The molecule has 2 heterocycles. The van der Waals surface area contributed by atoms with Crippen LogP contribution in [0.15, 0.2) is 24.5 Å². The lowest BCUT2D eigenvalue weighted by Crippen LogP contribution is -2.12. The first kappa shape index (κ1) is 11.3. The second kappa shape index (κ2) is 4.13. The van der Waals surface area contributed by atoms with E-state index in [0.717, 1.165) is 6.07 Å². The first-order valence-electron chi connectivity index (χ1n) is 5.64. The van der Waals surface area contributed by atoms with Crippen LogP contribution in [0.4, 0.5) is 8.78 Å². The van der Waals surface area contributed by atoms with Crippen molar-refractivity contribution in [3.63, 3.8) is 0 Å². The van der Waals surface area contributed by atoms with Crippen LogP contribution < -0.4 is 0 Å². The fraction of sp³-hybridized carbons (Fsp3) is 0.333. The van der Waals surface area contributed by atoms with Gasteiger partial charge in [-0.1, -0.05) is 6.92 Å². The second-order valence-electron chi connectivity index (χ2n) is 4.29. The summed E-state index contributed by atoms with van der Waals surface area (Å²) < 4.78 is 33.2. The Morgan fingerprint density at radius 2 is 2.22 bits per heavy atom. The average Bonchev–Trinajstić information content (AvgIpc) is 3.07. The molecule has 0 N–H and O–H groups in total. The highest BCUT2D eigenvalue weighted by Crippen LogP contribution is 2.29. The maximum absolute atomic E-state index is 13.7. The number of nitrogens with zero attached hydrogens (tertiary/aromatic N) is 3. The molecule has 18 heavy (non-hydrogen) atoms. The van der Waals surface area contributed by atoms with Gasteiger partial charge in [0.1, 0.15) is 23.7 Å². The molecule has 1 aliphatic heterocycles. The van der Waals surface area contributed by atoms with Crippen molar-refractivity contribution in [2.45, 2.75) is 18.9 Å². The van der Waals surface area contributed by atoms with Crippen molar-refractivity contribution in [3.05, 3.63) is 42.0 Å². The van der Waals surface area contributed by atoms with Gasteiger partial charge in [0.2, 0.25) is 0 Å². The number of hydrogen-bond donors (Lipinski definition) is 0. The Kier molecular flexibility index (Phi) is 2.59. The summed E-state index contributed by atoms with van der Waals surface area (Å²) in [6, 6.07) is 3.38. The normalized spacial score (nSPS) is 19.8. The Labute approximate surface area is 102 Å². The number of aromatic nitrogens is 3. The molecule has 1 fully saturated rings. The molecular weight excluding hydrogens is 240 g/mol. The molecule has 1 aromatic carbocycles.